The SMILES string of the molecule is CN1CC2C(C1)C2CN(Cc1cccc(OC(F)(F)F)c1)C(=O)c1cn2c(n1)CCC2. The highest BCUT2D eigenvalue weighted by atomic mass is 19.4. The quantitative estimate of drug-likeness (QED) is 0.701. The van der Waals surface area contributed by atoms with Crippen LogP contribution in [0.25, 0.3) is 0 Å². The summed E-state index contributed by atoms with van der Waals surface area (Å²) in [6.45, 7) is 3.75. The van der Waals surface area contributed by atoms with Gasteiger partial charge in [-0.2, -0.15) is 0 Å². The first kappa shape index (κ1) is 20.4. The number of likely N-dealkylation sites (tertiary alicyclic amines) is 1. The van der Waals surface area contributed by atoms with Gasteiger partial charge >= 0.3 is 6.36 Å². The molecule has 0 bridgehead atoms. The van der Waals surface area contributed by atoms with Crippen molar-refractivity contribution in [1.29, 1.82) is 0 Å². The normalized spacial score (nSPS) is 24.7. The molecule has 0 spiro atoms. The number of alkyl halides is 3. The molecule has 9 heteroatoms. The average molecular weight is 434 g/mol. The molecule has 2 aromatic rings. The maximum atomic E-state index is 13.3. The maximum absolute atomic E-state index is 13.3. The Morgan fingerprint density at radius 1 is 1.29 bits per heavy atom. The number of rotatable bonds is 6. The van der Waals surface area contributed by atoms with Crippen LogP contribution in [0.4, 0.5) is 13.2 Å². The molecule has 166 valence electrons. The predicted molar refractivity (Wildman–Crippen MR) is 106 cm³/mol. The number of aryl methyl sites for hydroxylation is 2. The molecule has 5 rings (SSSR count). The van der Waals surface area contributed by atoms with Crippen LogP contribution >= 0.6 is 0 Å². The molecule has 3 aliphatic rings. The zero-order valence-electron chi connectivity index (χ0n) is 17.3. The minimum Gasteiger partial charge on any atom is -0.406 e. The zero-order chi connectivity index (χ0) is 21.8. The van der Waals surface area contributed by atoms with Crippen molar-refractivity contribution in [3.8, 4) is 5.75 Å². The van der Waals surface area contributed by atoms with Gasteiger partial charge in [0.15, 0.2) is 0 Å². The van der Waals surface area contributed by atoms with Crippen molar-refractivity contribution in [2.24, 2.45) is 17.8 Å². The Hall–Kier alpha value is -2.55. The molecule has 2 fully saturated rings. The highest BCUT2D eigenvalue weighted by Crippen LogP contribution is 2.51. The Balaban J connectivity index is 1.35. The molecular formula is C22H25F3N4O2. The van der Waals surface area contributed by atoms with E-state index in [1.54, 1.807) is 11.0 Å². The van der Waals surface area contributed by atoms with Crippen LogP contribution in [0.15, 0.2) is 30.5 Å². The first-order valence-corrected chi connectivity index (χ1v) is 10.7. The first-order chi connectivity index (χ1) is 14.8. The second kappa shape index (κ2) is 7.55. The molecule has 2 aliphatic heterocycles. The molecule has 0 radical (unpaired) electrons. The summed E-state index contributed by atoms with van der Waals surface area (Å²) in [5.41, 5.74) is 1.02. The Bertz CT molecular complexity index is 956. The van der Waals surface area contributed by atoms with Gasteiger partial charge in [-0.1, -0.05) is 12.1 Å². The van der Waals surface area contributed by atoms with Crippen molar-refractivity contribution in [3.05, 3.63) is 47.5 Å². The lowest BCUT2D eigenvalue weighted by molar-refractivity contribution is -0.274. The van der Waals surface area contributed by atoms with E-state index < -0.39 is 6.36 Å². The molecule has 1 saturated carbocycles. The Labute approximate surface area is 178 Å². The van der Waals surface area contributed by atoms with Gasteiger partial charge in [0.25, 0.3) is 5.91 Å². The van der Waals surface area contributed by atoms with Gasteiger partial charge in [0, 0.05) is 45.3 Å². The molecule has 1 aromatic carbocycles. The van der Waals surface area contributed by atoms with Gasteiger partial charge in [-0.25, -0.2) is 4.98 Å². The average Bonchev–Trinajstić information content (AvgIpc) is 3.09. The third kappa shape index (κ3) is 4.28. The fourth-order valence-corrected chi connectivity index (χ4v) is 5.19. The number of halogens is 3. The second-order valence-corrected chi connectivity index (χ2v) is 8.93. The van der Waals surface area contributed by atoms with Crippen LogP contribution in [0.5, 0.6) is 5.75 Å². The van der Waals surface area contributed by atoms with Gasteiger partial charge in [0.2, 0.25) is 0 Å². The fourth-order valence-electron chi connectivity index (χ4n) is 5.19. The molecule has 1 aromatic heterocycles. The number of imidazole rings is 1. The molecule has 6 nitrogen and oxygen atoms in total. The number of hydrogen-bond donors (Lipinski definition) is 0. The standard InChI is InChI=1S/C22H25F3N4O2/c1-27-10-16-17(11-27)18(16)12-29(21(30)19-13-28-7-3-6-20(28)26-19)9-14-4-2-5-15(8-14)31-22(23,24)25/h2,4-5,8,13,16-18H,3,6-7,9-12H2,1H3. The summed E-state index contributed by atoms with van der Waals surface area (Å²) in [6, 6.07) is 5.86. The van der Waals surface area contributed by atoms with E-state index in [1.807, 2.05) is 10.8 Å². The van der Waals surface area contributed by atoms with E-state index in [0.717, 1.165) is 38.3 Å². The topological polar surface area (TPSA) is 50.6 Å². The molecule has 1 aliphatic carbocycles. The summed E-state index contributed by atoms with van der Waals surface area (Å²) < 4.78 is 43.9. The van der Waals surface area contributed by atoms with Crippen LogP contribution in [0.3, 0.4) is 0 Å². The van der Waals surface area contributed by atoms with Crippen LogP contribution in [0.2, 0.25) is 0 Å². The van der Waals surface area contributed by atoms with Crippen molar-refractivity contribution < 1.29 is 22.7 Å². The molecule has 31 heavy (non-hydrogen) atoms. The van der Waals surface area contributed by atoms with Crippen molar-refractivity contribution in [1.82, 2.24) is 19.4 Å². The zero-order valence-corrected chi connectivity index (χ0v) is 17.3. The van der Waals surface area contributed by atoms with E-state index >= 15 is 0 Å². The van der Waals surface area contributed by atoms with Crippen LogP contribution in [0, 0.1) is 17.8 Å². The molecule has 1 saturated heterocycles. The molecule has 2 unspecified atom stereocenters. The minimum absolute atomic E-state index is 0.164. The lowest BCUT2D eigenvalue weighted by atomic mass is 10.1. The van der Waals surface area contributed by atoms with E-state index in [1.165, 1.54) is 18.2 Å². The third-order valence-electron chi connectivity index (χ3n) is 6.66. The number of benzene rings is 1. The number of fused-ring (bicyclic) bond motifs is 2. The van der Waals surface area contributed by atoms with Crippen molar-refractivity contribution >= 4 is 5.91 Å². The van der Waals surface area contributed by atoms with Gasteiger partial charge in [-0.15, -0.1) is 13.2 Å². The third-order valence-corrected chi connectivity index (χ3v) is 6.66. The van der Waals surface area contributed by atoms with Gasteiger partial charge in [-0.05, 0) is 48.9 Å². The number of piperidine rings is 1. The number of amides is 1. The number of carbonyl (C=O) groups is 1. The van der Waals surface area contributed by atoms with Crippen LogP contribution in [-0.4, -0.2) is 58.3 Å². The van der Waals surface area contributed by atoms with E-state index in [2.05, 4.69) is 21.7 Å². The summed E-state index contributed by atoms with van der Waals surface area (Å²) >= 11 is 0. The molecule has 0 N–H and O–H groups in total. The van der Waals surface area contributed by atoms with E-state index in [0.29, 0.717) is 35.6 Å². The summed E-state index contributed by atoms with van der Waals surface area (Å²) in [6.07, 6.45) is -1.04. The smallest absolute Gasteiger partial charge is 0.406 e. The van der Waals surface area contributed by atoms with Gasteiger partial charge in [-0.3, -0.25) is 4.79 Å². The minimum atomic E-state index is -4.75. The number of carbonyl (C=O) groups excluding carboxylic acids is 1. The lowest BCUT2D eigenvalue weighted by Gasteiger charge is -2.24. The second-order valence-electron chi connectivity index (χ2n) is 8.93. The van der Waals surface area contributed by atoms with Gasteiger partial charge in [0.05, 0.1) is 0 Å². The highest BCUT2D eigenvalue weighted by molar-refractivity contribution is 5.92. The van der Waals surface area contributed by atoms with E-state index in [9.17, 15) is 18.0 Å². The molecule has 3 heterocycles. The van der Waals surface area contributed by atoms with Crippen molar-refractivity contribution in [3.63, 3.8) is 0 Å². The predicted octanol–water partition coefficient (Wildman–Crippen LogP) is 3.18. The number of aromatic nitrogens is 2. The molecule has 1 amide bonds. The first-order valence-electron chi connectivity index (χ1n) is 10.7. The summed E-state index contributed by atoms with van der Waals surface area (Å²) in [7, 11) is 2.10. The van der Waals surface area contributed by atoms with Crippen molar-refractivity contribution in [2.45, 2.75) is 32.3 Å². The molecular weight excluding hydrogens is 409 g/mol. The van der Waals surface area contributed by atoms with E-state index in [4.69, 9.17) is 0 Å². The summed E-state index contributed by atoms with van der Waals surface area (Å²) in [5.74, 6) is 2.10. The Morgan fingerprint density at radius 2 is 2.06 bits per heavy atom. The number of ether oxygens (including phenoxy) is 1. The van der Waals surface area contributed by atoms with Gasteiger partial charge in [0.1, 0.15) is 17.3 Å². The summed E-state index contributed by atoms with van der Waals surface area (Å²) in [4.78, 5) is 21.9. The number of hydrogen-bond acceptors (Lipinski definition) is 4. The van der Waals surface area contributed by atoms with Crippen LogP contribution in [-0.2, 0) is 19.5 Å². The maximum Gasteiger partial charge on any atom is 0.573 e. The van der Waals surface area contributed by atoms with Crippen LogP contribution in [0.1, 0.15) is 28.3 Å². The summed E-state index contributed by atoms with van der Waals surface area (Å²) in [5, 5.41) is 0. The Kier molecular flexibility index (Phi) is 4.96. The van der Waals surface area contributed by atoms with Crippen molar-refractivity contribution in [2.75, 3.05) is 26.7 Å². The van der Waals surface area contributed by atoms with Gasteiger partial charge < -0.3 is 19.1 Å². The fraction of sp³-hybridized carbons (Fsp3) is 0.545. The highest BCUT2D eigenvalue weighted by Gasteiger charge is 2.55. The lowest BCUT2D eigenvalue weighted by Crippen LogP contribution is -2.34. The largest absolute Gasteiger partial charge is 0.573 e. The Morgan fingerprint density at radius 3 is 2.77 bits per heavy atom. The van der Waals surface area contributed by atoms with E-state index in [-0.39, 0.29) is 18.2 Å². The van der Waals surface area contributed by atoms with Crippen LogP contribution < -0.4 is 4.74 Å². The monoisotopic (exact) mass is 434 g/mol. The molecule has 2 atom stereocenters. The number of nitrogens with zero attached hydrogens (tertiary/aromatic N) is 4.